The maximum atomic E-state index is 12.6. The Labute approximate surface area is 152 Å². The van der Waals surface area contributed by atoms with Crippen LogP contribution < -0.4 is 4.74 Å². The van der Waals surface area contributed by atoms with Crippen LogP contribution >= 0.6 is 15.9 Å². The number of halogens is 1. The lowest BCUT2D eigenvalue weighted by Crippen LogP contribution is -2.35. The number of aromatic amines is 1. The maximum Gasteiger partial charge on any atom is 0.289 e. The van der Waals surface area contributed by atoms with Crippen LogP contribution in [-0.4, -0.2) is 34.7 Å². The molecule has 0 aliphatic carbocycles. The number of nitrogens with zero attached hydrogens (tertiary/aromatic N) is 2. The standard InChI is InChI=1S/C18H16BrN3O3/c1-24-12-4-2-11(3-5-12)17-13-10-22(9-8-14(13)20-21-17)18(23)15-6-7-16(19)25-15/h2-7H,8-10H2,1H3,(H,20,21). The first-order valence-corrected chi connectivity index (χ1v) is 8.70. The van der Waals surface area contributed by atoms with Gasteiger partial charge in [-0.1, -0.05) is 0 Å². The first kappa shape index (κ1) is 16.0. The summed E-state index contributed by atoms with van der Waals surface area (Å²) in [6.07, 6.45) is 0.742. The topological polar surface area (TPSA) is 71.4 Å². The SMILES string of the molecule is COc1ccc(-c2n[nH]c3c2CN(C(=O)c2ccc(Br)o2)CC3)cc1. The van der Waals surface area contributed by atoms with Gasteiger partial charge in [-0.2, -0.15) is 5.10 Å². The van der Waals surface area contributed by atoms with E-state index in [9.17, 15) is 4.79 Å². The number of hydrogen-bond acceptors (Lipinski definition) is 4. The Kier molecular flexibility index (Phi) is 4.09. The third-order valence-electron chi connectivity index (χ3n) is 4.37. The Bertz CT molecular complexity index is 914. The van der Waals surface area contributed by atoms with E-state index in [0.717, 1.165) is 34.7 Å². The third-order valence-corrected chi connectivity index (χ3v) is 4.79. The fourth-order valence-corrected chi connectivity index (χ4v) is 3.35. The highest BCUT2D eigenvalue weighted by Gasteiger charge is 2.27. The molecule has 1 aromatic carbocycles. The number of amides is 1. The van der Waals surface area contributed by atoms with Crippen molar-refractivity contribution in [3.05, 3.63) is 58.1 Å². The predicted octanol–water partition coefficient (Wildman–Crippen LogP) is 3.64. The Morgan fingerprint density at radius 3 is 2.76 bits per heavy atom. The third kappa shape index (κ3) is 2.95. The molecule has 4 rings (SSSR count). The number of H-pyrrole nitrogens is 1. The molecule has 0 saturated carbocycles. The van der Waals surface area contributed by atoms with Gasteiger partial charge in [-0.25, -0.2) is 0 Å². The van der Waals surface area contributed by atoms with E-state index in [0.29, 0.717) is 23.5 Å². The summed E-state index contributed by atoms with van der Waals surface area (Å²) in [5.74, 6) is 1.02. The molecule has 1 amide bonds. The van der Waals surface area contributed by atoms with Crippen LogP contribution in [0.1, 0.15) is 21.8 Å². The number of aromatic nitrogens is 2. The van der Waals surface area contributed by atoms with Gasteiger partial charge in [0.15, 0.2) is 10.4 Å². The highest BCUT2D eigenvalue weighted by atomic mass is 79.9. The van der Waals surface area contributed by atoms with Crippen LogP contribution in [0.25, 0.3) is 11.3 Å². The van der Waals surface area contributed by atoms with Gasteiger partial charge in [0.2, 0.25) is 0 Å². The van der Waals surface area contributed by atoms with Gasteiger partial charge in [-0.05, 0) is 52.3 Å². The lowest BCUT2D eigenvalue weighted by Gasteiger charge is -2.26. The lowest BCUT2D eigenvalue weighted by atomic mass is 10.0. The normalized spacial score (nSPS) is 13.6. The molecule has 3 aromatic rings. The van der Waals surface area contributed by atoms with Crippen LogP contribution in [0.15, 0.2) is 45.5 Å². The molecular formula is C18H16BrN3O3. The quantitative estimate of drug-likeness (QED) is 0.726. The Morgan fingerprint density at radius 1 is 1.28 bits per heavy atom. The van der Waals surface area contributed by atoms with E-state index in [1.54, 1.807) is 24.1 Å². The van der Waals surface area contributed by atoms with E-state index < -0.39 is 0 Å². The summed E-state index contributed by atoms with van der Waals surface area (Å²) in [7, 11) is 1.64. The molecule has 7 heteroatoms. The highest BCUT2D eigenvalue weighted by Crippen LogP contribution is 2.30. The van der Waals surface area contributed by atoms with Crippen molar-refractivity contribution in [3.8, 4) is 17.0 Å². The monoisotopic (exact) mass is 401 g/mol. The number of furan rings is 1. The molecule has 3 heterocycles. The minimum atomic E-state index is -0.113. The maximum absolute atomic E-state index is 12.6. The summed E-state index contributed by atoms with van der Waals surface area (Å²) in [6.45, 7) is 1.14. The molecule has 0 bridgehead atoms. The highest BCUT2D eigenvalue weighted by molar-refractivity contribution is 9.10. The van der Waals surface area contributed by atoms with Crippen LogP contribution in [0.2, 0.25) is 0 Å². The average molecular weight is 402 g/mol. The van der Waals surface area contributed by atoms with Gasteiger partial charge >= 0.3 is 0 Å². The minimum absolute atomic E-state index is 0.113. The second-order valence-corrected chi connectivity index (χ2v) is 6.62. The van der Waals surface area contributed by atoms with Crippen molar-refractivity contribution in [2.24, 2.45) is 0 Å². The number of methoxy groups -OCH3 is 1. The fraction of sp³-hybridized carbons (Fsp3) is 0.222. The summed E-state index contributed by atoms with van der Waals surface area (Å²) < 4.78 is 11.2. The Balaban J connectivity index is 1.61. The first-order chi connectivity index (χ1) is 12.2. The van der Waals surface area contributed by atoms with E-state index in [2.05, 4.69) is 26.1 Å². The molecule has 128 valence electrons. The van der Waals surface area contributed by atoms with Crippen molar-refractivity contribution >= 4 is 21.8 Å². The van der Waals surface area contributed by atoms with Crippen molar-refractivity contribution < 1.29 is 13.9 Å². The van der Waals surface area contributed by atoms with E-state index in [1.165, 1.54) is 0 Å². The number of hydrogen-bond donors (Lipinski definition) is 1. The Hall–Kier alpha value is -2.54. The van der Waals surface area contributed by atoms with Crippen molar-refractivity contribution in [2.45, 2.75) is 13.0 Å². The molecule has 0 unspecified atom stereocenters. The van der Waals surface area contributed by atoms with Crippen LogP contribution in [0.4, 0.5) is 0 Å². The summed E-state index contributed by atoms with van der Waals surface area (Å²) in [5, 5.41) is 7.57. The van der Waals surface area contributed by atoms with Crippen LogP contribution in [0.5, 0.6) is 5.75 Å². The van der Waals surface area contributed by atoms with Gasteiger partial charge in [0.05, 0.1) is 19.3 Å². The summed E-state index contributed by atoms with van der Waals surface area (Å²) in [6, 6.07) is 11.2. The smallest absolute Gasteiger partial charge is 0.289 e. The van der Waals surface area contributed by atoms with Crippen molar-refractivity contribution in [1.29, 1.82) is 0 Å². The minimum Gasteiger partial charge on any atom is -0.497 e. The van der Waals surface area contributed by atoms with Crippen molar-refractivity contribution in [2.75, 3.05) is 13.7 Å². The van der Waals surface area contributed by atoms with Gasteiger partial charge in [-0.15, -0.1) is 0 Å². The van der Waals surface area contributed by atoms with Crippen LogP contribution in [0.3, 0.4) is 0 Å². The van der Waals surface area contributed by atoms with Crippen LogP contribution in [0, 0.1) is 0 Å². The molecule has 0 fully saturated rings. The summed E-state index contributed by atoms with van der Waals surface area (Å²) in [4.78, 5) is 14.4. The molecular weight excluding hydrogens is 386 g/mol. The largest absolute Gasteiger partial charge is 0.497 e. The zero-order valence-electron chi connectivity index (χ0n) is 13.6. The molecule has 0 spiro atoms. The van der Waals surface area contributed by atoms with Gasteiger partial charge < -0.3 is 14.1 Å². The number of carbonyl (C=O) groups excluding carboxylic acids is 1. The molecule has 2 aromatic heterocycles. The summed E-state index contributed by atoms with van der Waals surface area (Å²) >= 11 is 3.24. The van der Waals surface area contributed by atoms with Crippen molar-refractivity contribution in [1.82, 2.24) is 15.1 Å². The van der Waals surface area contributed by atoms with Gasteiger partial charge in [-0.3, -0.25) is 9.89 Å². The molecule has 6 nitrogen and oxygen atoms in total. The Morgan fingerprint density at radius 2 is 2.08 bits per heavy atom. The van der Waals surface area contributed by atoms with Gasteiger partial charge in [0, 0.05) is 29.8 Å². The van der Waals surface area contributed by atoms with Gasteiger partial charge in [0.1, 0.15) is 5.75 Å². The average Bonchev–Trinajstić information content (AvgIpc) is 3.27. The van der Waals surface area contributed by atoms with Crippen LogP contribution in [-0.2, 0) is 13.0 Å². The van der Waals surface area contributed by atoms with E-state index in [1.807, 2.05) is 24.3 Å². The van der Waals surface area contributed by atoms with E-state index in [4.69, 9.17) is 9.15 Å². The summed E-state index contributed by atoms with van der Waals surface area (Å²) in [5.41, 5.74) is 4.00. The van der Waals surface area contributed by atoms with Crippen molar-refractivity contribution in [3.63, 3.8) is 0 Å². The van der Waals surface area contributed by atoms with E-state index in [-0.39, 0.29) is 5.91 Å². The fourth-order valence-electron chi connectivity index (χ4n) is 3.04. The number of nitrogens with one attached hydrogen (secondary N) is 1. The van der Waals surface area contributed by atoms with E-state index >= 15 is 0 Å². The zero-order chi connectivity index (χ0) is 17.4. The molecule has 0 saturated heterocycles. The predicted molar refractivity (Wildman–Crippen MR) is 95.4 cm³/mol. The number of carbonyl (C=O) groups is 1. The molecule has 0 radical (unpaired) electrons. The number of rotatable bonds is 3. The number of benzene rings is 1. The molecule has 1 aliphatic heterocycles. The molecule has 1 N–H and O–H groups in total. The second kappa shape index (κ2) is 6.40. The molecule has 0 atom stereocenters. The number of fused-ring (bicyclic) bond motifs is 1. The second-order valence-electron chi connectivity index (χ2n) is 5.84. The molecule has 25 heavy (non-hydrogen) atoms. The number of ether oxygens (including phenoxy) is 1. The zero-order valence-corrected chi connectivity index (χ0v) is 15.2. The lowest BCUT2D eigenvalue weighted by molar-refractivity contribution is 0.0701. The molecule has 1 aliphatic rings. The van der Waals surface area contributed by atoms with Gasteiger partial charge in [0.25, 0.3) is 5.91 Å². The first-order valence-electron chi connectivity index (χ1n) is 7.91.